The van der Waals surface area contributed by atoms with Gasteiger partial charge in [0, 0.05) is 29.4 Å². The topological polar surface area (TPSA) is 150 Å². The predicted molar refractivity (Wildman–Crippen MR) is 137 cm³/mol. The van der Waals surface area contributed by atoms with Gasteiger partial charge in [0.25, 0.3) is 0 Å². The van der Waals surface area contributed by atoms with Crippen molar-refractivity contribution in [3.63, 3.8) is 0 Å². The van der Waals surface area contributed by atoms with Crippen LogP contribution in [0.25, 0.3) is 0 Å². The molecule has 36 heavy (non-hydrogen) atoms. The molecule has 0 radical (unpaired) electrons. The fourth-order valence-corrected chi connectivity index (χ4v) is 5.69. The number of carbonyl (C=O) groups is 1. The van der Waals surface area contributed by atoms with E-state index < -0.39 is 5.79 Å². The molecule has 1 aromatic rings. The van der Waals surface area contributed by atoms with E-state index in [1.165, 1.54) is 0 Å². The molecule has 1 aromatic heterocycles. The second-order valence-corrected chi connectivity index (χ2v) is 10.1. The number of hydrogen-bond donors (Lipinski definition) is 3. The van der Waals surface area contributed by atoms with Gasteiger partial charge >= 0.3 is 0 Å². The van der Waals surface area contributed by atoms with E-state index in [9.17, 15) is 4.79 Å². The normalized spacial score (nSPS) is 24.6. The summed E-state index contributed by atoms with van der Waals surface area (Å²) in [6.45, 7) is 6.09. The van der Waals surface area contributed by atoms with Crippen molar-refractivity contribution in [2.24, 2.45) is 11.7 Å². The first kappa shape index (κ1) is 26.5. The highest BCUT2D eigenvalue weighted by Gasteiger charge is 2.48. The molecule has 1 saturated carbocycles. The van der Waals surface area contributed by atoms with E-state index >= 15 is 0 Å². The van der Waals surface area contributed by atoms with Gasteiger partial charge in [0.2, 0.25) is 17.5 Å². The second-order valence-electron chi connectivity index (χ2n) is 10.1. The summed E-state index contributed by atoms with van der Waals surface area (Å²) in [5, 5.41) is 8.17. The van der Waals surface area contributed by atoms with E-state index in [1.807, 2.05) is 6.92 Å². The number of ketones is 1. The molecule has 10 nitrogen and oxygen atoms in total. The monoisotopic (exact) mass is 500 g/mol. The molecule has 0 aromatic carbocycles. The minimum atomic E-state index is -0.760. The number of hydrogen-bond acceptors (Lipinski definition) is 10. The van der Waals surface area contributed by atoms with Gasteiger partial charge in [-0.3, -0.25) is 4.79 Å². The Labute approximate surface area is 213 Å². The quantitative estimate of drug-likeness (QED) is 0.264. The van der Waals surface area contributed by atoms with Crippen LogP contribution in [-0.2, 0) is 9.47 Å². The van der Waals surface area contributed by atoms with Gasteiger partial charge in [-0.2, -0.15) is 4.98 Å². The number of nitrogen functional groups attached to an aromatic ring is 1. The standard InChI is InChI=1S/C26H40N6O4/c1-4-8-18(21(28)19-10-5-6-11-26(19)35-13-14-36-26)22(33)24-30-23(29)20(16(2)27)25(31-24)34-15-17-9-7-12-32(17)3/h17,19,27H,4-15,28H2,1-3H3,(H2,29,30,31)/b21-18-,27-16?/t17-,19+/m0/s1. The van der Waals surface area contributed by atoms with Gasteiger partial charge < -0.3 is 36.0 Å². The Kier molecular flexibility index (Phi) is 8.27. The van der Waals surface area contributed by atoms with Gasteiger partial charge in [-0.25, -0.2) is 4.98 Å². The molecule has 2 atom stereocenters. The summed E-state index contributed by atoms with van der Waals surface area (Å²) in [4.78, 5) is 24.8. The van der Waals surface area contributed by atoms with Crippen molar-refractivity contribution >= 4 is 17.3 Å². The van der Waals surface area contributed by atoms with Crippen molar-refractivity contribution in [1.29, 1.82) is 5.41 Å². The van der Waals surface area contributed by atoms with Crippen molar-refractivity contribution in [2.75, 3.05) is 39.1 Å². The third kappa shape index (κ3) is 5.26. The van der Waals surface area contributed by atoms with Crippen molar-refractivity contribution in [3.05, 3.63) is 22.7 Å². The fourth-order valence-electron chi connectivity index (χ4n) is 5.69. The van der Waals surface area contributed by atoms with E-state index in [4.69, 9.17) is 31.1 Å². The van der Waals surface area contributed by atoms with Crippen LogP contribution in [0.4, 0.5) is 5.82 Å². The van der Waals surface area contributed by atoms with Crippen LogP contribution in [0, 0.1) is 11.3 Å². The highest BCUT2D eigenvalue weighted by atomic mass is 16.7. The minimum absolute atomic E-state index is 0.0571. The maximum atomic E-state index is 13.8. The van der Waals surface area contributed by atoms with E-state index in [-0.39, 0.29) is 41.0 Å². The molecular weight excluding hydrogens is 460 g/mol. The number of nitrogens with two attached hydrogens (primary N) is 2. The lowest BCUT2D eigenvalue weighted by Gasteiger charge is -2.40. The van der Waals surface area contributed by atoms with Crippen LogP contribution < -0.4 is 16.2 Å². The van der Waals surface area contributed by atoms with Gasteiger partial charge in [-0.15, -0.1) is 0 Å². The predicted octanol–water partition coefficient (Wildman–Crippen LogP) is 3.05. The second kappa shape index (κ2) is 11.2. The first-order valence-electron chi connectivity index (χ1n) is 13.1. The van der Waals surface area contributed by atoms with Gasteiger partial charge in [0.05, 0.1) is 24.7 Å². The molecule has 5 N–H and O–H groups in total. The van der Waals surface area contributed by atoms with Gasteiger partial charge in [-0.1, -0.05) is 19.8 Å². The van der Waals surface area contributed by atoms with Crippen molar-refractivity contribution in [3.8, 4) is 5.88 Å². The smallest absolute Gasteiger partial charge is 0.228 e. The summed E-state index contributed by atoms with van der Waals surface area (Å²) < 4.78 is 18.2. The first-order chi connectivity index (χ1) is 17.3. The van der Waals surface area contributed by atoms with Crippen LogP contribution in [0.3, 0.4) is 0 Å². The molecule has 1 spiro atoms. The van der Waals surface area contributed by atoms with Gasteiger partial charge in [0.1, 0.15) is 12.4 Å². The summed E-state index contributed by atoms with van der Waals surface area (Å²) in [5.41, 5.74) is 14.4. The Balaban J connectivity index is 1.68. The average molecular weight is 501 g/mol. The highest BCUT2D eigenvalue weighted by Crippen LogP contribution is 2.44. The number of likely N-dealkylation sites (tertiary alicyclic amines) is 1. The number of likely N-dealkylation sites (N-methyl/N-ethyl adjacent to an activating group) is 1. The molecule has 1 aliphatic carbocycles. The van der Waals surface area contributed by atoms with Crippen LogP contribution in [0.15, 0.2) is 11.3 Å². The molecule has 4 rings (SSSR count). The lowest BCUT2D eigenvalue weighted by Crippen LogP contribution is -2.45. The summed E-state index contributed by atoms with van der Waals surface area (Å²) in [5.74, 6) is -1.15. The van der Waals surface area contributed by atoms with E-state index in [2.05, 4.69) is 21.9 Å². The molecule has 3 heterocycles. The summed E-state index contributed by atoms with van der Waals surface area (Å²) in [7, 11) is 2.06. The number of ether oxygens (including phenoxy) is 3. The number of nitrogens with one attached hydrogen (secondary N) is 1. The number of allylic oxidation sites excluding steroid dienone is 1. The van der Waals surface area contributed by atoms with Crippen molar-refractivity contribution in [1.82, 2.24) is 14.9 Å². The van der Waals surface area contributed by atoms with E-state index in [1.54, 1.807) is 6.92 Å². The number of Topliss-reactive ketones (excluding diaryl/α,β-unsaturated/α-hetero) is 1. The Morgan fingerprint density at radius 2 is 1.97 bits per heavy atom. The molecule has 0 amide bonds. The van der Waals surface area contributed by atoms with E-state index in [0.717, 1.165) is 51.5 Å². The number of aromatic nitrogens is 2. The third-order valence-electron chi connectivity index (χ3n) is 7.64. The van der Waals surface area contributed by atoms with Crippen LogP contribution in [0.1, 0.15) is 81.4 Å². The minimum Gasteiger partial charge on any atom is -0.475 e. The maximum absolute atomic E-state index is 13.8. The highest BCUT2D eigenvalue weighted by molar-refractivity contribution is 6.08. The van der Waals surface area contributed by atoms with Crippen LogP contribution >= 0.6 is 0 Å². The first-order valence-corrected chi connectivity index (χ1v) is 13.1. The Morgan fingerprint density at radius 1 is 1.22 bits per heavy atom. The number of nitrogens with zero attached hydrogens (tertiary/aromatic N) is 3. The zero-order chi connectivity index (χ0) is 25.9. The molecule has 0 unspecified atom stereocenters. The van der Waals surface area contributed by atoms with Crippen LogP contribution in [0.2, 0.25) is 0 Å². The van der Waals surface area contributed by atoms with E-state index in [0.29, 0.717) is 43.1 Å². The fraction of sp³-hybridized carbons (Fsp3) is 0.692. The molecule has 10 heteroatoms. The zero-order valence-corrected chi connectivity index (χ0v) is 21.8. The third-order valence-corrected chi connectivity index (χ3v) is 7.64. The van der Waals surface area contributed by atoms with Crippen LogP contribution in [-0.4, -0.2) is 71.6 Å². The average Bonchev–Trinajstić information content (AvgIpc) is 3.49. The summed E-state index contributed by atoms with van der Waals surface area (Å²) in [6.07, 6.45) is 6.90. The van der Waals surface area contributed by atoms with Crippen molar-refractivity contribution in [2.45, 2.75) is 77.0 Å². The van der Waals surface area contributed by atoms with Crippen LogP contribution in [0.5, 0.6) is 5.88 Å². The maximum Gasteiger partial charge on any atom is 0.228 e. The molecule has 2 aliphatic heterocycles. The Bertz CT molecular complexity index is 1020. The Morgan fingerprint density at radius 3 is 2.61 bits per heavy atom. The molecular formula is C26H40N6O4. The zero-order valence-electron chi connectivity index (χ0n) is 21.8. The molecule has 0 bridgehead atoms. The van der Waals surface area contributed by atoms with Gasteiger partial charge in [0.15, 0.2) is 5.79 Å². The Hall–Kier alpha value is -2.56. The lowest BCUT2D eigenvalue weighted by molar-refractivity contribution is -0.203. The molecule has 3 fully saturated rings. The number of rotatable bonds is 9. The number of carbonyl (C=O) groups excluding carboxylic acids is 1. The van der Waals surface area contributed by atoms with Gasteiger partial charge in [-0.05, 0) is 52.6 Å². The van der Waals surface area contributed by atoms with Crippen molar-refractivity contribution < 1.29 is 19.0 Å². The summed E-state index contributed by atoms with van der Waals surface area (Å²) in [6, 6.07) is 0.249. The lowest BCUT2D eigenvalue weighted by atomic mass is 9.79. The molecule has 198 valence electrons. The molecule has 3 aliphatic rings. The number of anilines is 1. The largest absolute Gasteiger partial charge is 0.475 e. The SMILES string of the molecule is CCC/C(C(=O)c1nc(N)c(C(C)=N)c(OC[C@@H]2CCCN2C)n1)=C(/N)[C@H]1CCCCC12OCCO2. The molecule has 2 saturated heterocycles. The summed E-state index contributed by atoms with van der Waals surface area (Å²) >= 11 is 0.